The minimum atomic E-state index is -0.268. The van der Waals surface area contributed by atoms with Crippen molar-refractivity contribution in [3.8, 4) is 22.6 Å². The minimum Gasteiger partial charge on any atom is -0.325 e. The quantitative estimate of drug-likeness (QED) is 0.785. The summed E-state index contributed by atoms with van der Waals surface area (Å²) in [7, 11) is 0. The molecule has 0 unspecified atom stereocenters. The van der Waals surface area contributed by atoms with Crippen LogP contribution in [-0.2, 0) is 6.54 Å². The third-order valence-electron chi connectivity index (χ3n) is 3.44. The zero-order valence-electron chi connectivity index (χ0n) is 12.7. The fourth-order valence-corrected chi connectivity index (χ4v) is 2.20. The Balaban J connectivity index is 0.00000192. The molecule has 0 aliphatic rings. The molecule has 2 aromatic carbocycles. The van der Waals surface area contributed by atoms with Gasteiger partial charge in [-0.2, -0.15) is 0 Å². The second-order valence-electron chi connectivity index (χ2n) is 5.15. The third kappa shape index (κ3) is 3.92. The molecule has 0 aliphatic carbocycles. The number of aryl methyl sites for hydroxylation is 1. The lowest BCUT2D eigenvalue weighted by Crippen LogP contribution is -2.03. The lowest BCUT2D eigenvalue weighted by molar-refractivity contribution is 0.628. The van der Waals surface area contributed by atoms with E-state index in [1.54, 1.807) is 12.1 Å². The van der Waals surface area contributed by atoms with E-state index in [0.29, 0.717) is 12.4 Å². The normalized spacial score (nSPS) is 10.2. The van der Waals surface area contributed by atoms with Gasteiger partial charge in [0, 0.05) is 17.7 Å². The van der Waals surface area contributed by atoms with Crippen molar-refractivity contribution in [2.75, 3.05) is 0 Å². The Hall–Kier alpha value is -2.30. The molecule has 0 amide bonds. The van der Waals surface area contributed by atoms with Gasteiger partial charge < -0.3 is 5.73 Å². The fourth-order valence-electron chi connectivity index (χ4n) is 2.20. The summed E-state index contributed by atoms with van der Waals surface area (Å²) < 4.78 is 13.1. The largest absolute Gasteiger partial charge is 0.325 e. The second kappa shape index (κ2) is 7.31. The number of hydrogen-bond acceptors (Lipinski definition) is 3. The molecule has 2 N–H and O–H groups in total. The van der Waals surface area contributed by atoms with Crippen LogP contribution in [0.25, 0.3) is 22.6 Å². The van der Waals surface area contributed by atoms with Crippen LogP contribution in [0.4, 0.5) is 4.39 Å². The molecule has 0 bridgehead atoms. The predicted molar refractivity (Wildman–Crippen MR) is 92.7 cm³/mol. The van der Waals surface area contributed by atoms with Crippen LogP contribution in [0.1, 0.15) is 11.3 Å². The number of halogens is 2. The third-order valence-corrected chi connectivity index (χ3v) is 3.44. The highest BCUT2D eigenvalue weighted by Gasteiger charge is 2.08. The number of nitrogens with zero attached hydrogens (tertiary/aromatic N) is 2. The first-order valence-corrected chi connectivity index (χ1v) is 7.07. The molecule has 5 heteroatoms. The maximum atomic E-state index is 13.1. The van der Waals surface area contributed by atoms with E-state index in [-0.39, 0.29) is 18.2 Å². The standard InChI is InChI=1S/C18H16FN3.ClH/c1-12-2-4-14(5-3-12)18-21-16(11-20)10-17(22-18)13-6-8-15(19)9-7-13;/h2-10H,11,20H2,1H3;1H. The van der Waals surface area contributed by atoms with Gasteiger partial charge in [0.15, 0.2) is 5.82 Å². The SMILES string of the molecule is Cc1ccc(-c2nc(CN)cc(-c3ccc(F)cc3)n2)cc1.Cl. The van der Waals surface area contributed by atoms with E-state index in [1.807, 2.05) is 37.3 Å². The Kier molecular flexibility index (Phi) is 5.42. The summed E-state index contributed by atoms with van der Waals surface area (Å²) in [6.07, 6.45) is 0. The van der Waals surface area contributed by atoms with E-state index >= 15 is 0 Å². The first kappa shape index (κ1) is 17.1. The van der Waals surface area contributed by atoms with Crippen LogP contribution < -0.4 is 5.73 Å². The van der Waals surface area contributed by atoms with Crippen LogP contribution in [0.15, 0.2) is 54.6 Å². The van der Waals surface area contributed by atoms with Gasteiger partial charge in [-0.25, -0.2) is 14.4 Å². The molecule has 0 saturated carbocycles. The Morgan fingerprint density at radius 1 is 0.913 bits per heavy atom. The molecule has 0 radical (unpaired) electrons. The Bertz CT molecular complexity index is 723. The van der Waals surface area contributed by atoms with Gasteiger partial charge in [-0.15, -0.1) is 12.4 Å². The van der Waals surface area contributed by atoms with Crippen molar-refractivity contribution < 1.29 is 4.39 Å². The maximum absolute atomic E-state index is 13.1. The van der Waals surface area contributed by atoms with Crippen LogP contribution in [0.2, 0.25) is 0 Å². The van der Waals surface area contributed by atoms with Crippen molar-refractivity contribution in [2.24, 2.45) is 5.73 Å². The summed E-state index contributed by atoms with van der Waals surface area (Å²) in [6.45, 7) is 2.36. The van der Waals surface area contributed by atoms with Crippen LogP contribution >= 0.6 is 12.4 Å². The molecular formula is C18H17ClFN3. The van der Waals surface area contributed by atoms with Crippen LogP contribution in [0, 0.1) is 12.7 Å². The van der Waals surface area contributed by atoms with E-state index in [4.69, 9.17) is 5.73 Å². The van der Waals surface area contributed by atoms with E-state index < -0.39 is 0 Å². The lowest BCUT2D eigenvalue weighted by atomic mass is 10.1. The van der Waals surface area contributed by atoms with Crippen molar-refractivity contribution in [3.63, 3.8) is 0 Å². The van der Waals surface area contributed by atoms with Crippen LogP contribution in [0.5, 0.6) is 0 Å². The van der Waals surface area contributed by atoms with Gasteiger partial charge in [0.05, 0.1) is 11.4 Å². The van der Waals surface area contributed by atoms with E-state index in [1.165, 1.54) is 17.7 Å². The summed E-state index contributed by atoms with van der Waals surface area (Å²) in [5.41, 5.74) is 10.2. The number of benzene rings is 2. The Morgan fingerprint density at radius 3 is 2.13 bits per heavy atom. The molecule has 3 aromatic rings. The second-order valence-corrected chi connectivity index (χ2v) is 5.15. The van der Waals surface area contributed by atoms with Crippen molar-refractivity contribution >= 4 is 12.4 Å². The number of nitrogens with two attached hydrogens (primary N) is 1. The van der Waals surface area contributed by atoms with Gasteiger partial charge >= 0.3 is 0 Å². The molecule has 0 saturated heterocycles. The zero-order chi connectivity index (χ0) is 15.5. The molecule has 0 fully saturated rings. The minimum absolute atomic E-state index is 0. The van der Waals surface area contributed by atoms with Gasteiger partial charge in [0.25, 0.3) is 0 Å². The average molecular weight is 330 g/mol. The Labute approximate surface area is 140 Å². The Morgan fingerprint density at radius 2 is 1.52 bits per heavy atom. The van der Waals surface area contributed by atoms with Crippen LogP contribution in [0.3, 0.4) is 0 Å². The number of rotatable bonds is 3. The maximum Gasteiger partial charge on any atom is 0.160 e. The molecule has 23 heavy (non-hydrogen) atoms. The smallest absolute Gasteiger partial charge is 0.160 e. The molecular weight excluding hydrogens is 313 g/mol. The van der Waals surface area contributed by atoms with Crippen molar-refractivity contribution in [3.05, 3.63) is 71.7 Å². The van der Waals surface area contributed by atoms with Gasteiger partial charge in [-0.3, -0.25) is 0 Å². The highest BCUT2D eigenvalue weighted by Crippen LogP contribution is 2.23. The number of hydrogen-bond donors (Lipinski definition) is 1. The number of aromatic nitrogens is 2. The molecule has 0 spiro atoms. The molecule has 3 nitrogen and oxygen atoms in total. The zero-order valence-corrected chi connectivity index (χ0v) is 13.5. The van der Waals surface area contributed by atoms with Crippen molar-refractivity contribution in [1.82, 2.24) is 9.97 Å². The van der Waals surface area contributed by atoms with Crippen LogP contribution in [-0.4, -0.2) is 9.97 Å². The first-order chi connectivity index (χ1) is 10.7. The summed E-state index contributed by atoms with van der Waals surface area (Å²) >= 11 is 0. The summed E-state index contributed by atoms with van der Waals surface area (Å²) in [6, 6.07) is 16.1. The predicted octanol–water partition coefficient (Wildman–Crippen LogP) is 4.14. The first-order valence-electron chi connectivity index (χ1n) is 7.07. The molecule has 118 valence electrons. The van der Waals surface area contributed by atoms with E-state index in [2.05, 4.69) is 9.97 Å². The summed E-state index contributed by atoms with van der Waals surface area (Å²) in [5, 5.41) is 0. The van der Waals surface area contributed by atoms with Gasteiger partial charge in [0.1, 0.15) is 5.82 Å². The van der Waals surface area contributed by atoms with E-state index in [0.717, 1.165) is 22.5 Å². The van der Waals surface area contributed by atoms with Gasteiger partial charge in [0.2, 0.25) is 0 Å². The molecule has 1 aromatic heterocycles. The van der Waals surface area contributed by atoms with Gasteiger partial charge in [-0.05, 0) is 37.3 Å². The average Bonchev–Trinajstić information content (AvgIpc) is 2.55. The molecule has 0 aliphatic heterocycles. The fraction of sp³-hybridized carbons (Fsp3) is 0.111. The highest BCUT2D eigenvalue weighted by molar-refractivity contribution is 5.85. The monoisotopic (exact) mass is 329 g/mol. The topological polar surface area (TPSA) is 51.8 Å². The molecule has 1 heterocycles. The molecule has 3 rings (SSSR count). The molecule has 0 atom stereocenters. The van der Waals surface area contributed by atoms with E-state index in [9.17, 15) is 4.39 Å². The lowest BCUT2D eigenvalue weighted by Gasteiger charge is -2.08. The summed E-state index contributed by atoms with van der Waals surface area (Å²) in [4.78, 5) is 9.08. The van der Waals surface area contributed by atoms with Gasteiger partial charge in [-0.1, -0.05) is 29.8 Å². The van der Waals surface area contributed by atoms with Crippen molar-refractivity contribution in [2.45, 2.75) is 13.5 Å². The summed E-state index contributed by atoms with van der Waals surface area (Å²) in [5.74, 6) is 0.359. The van der Waals surface area contributed by atoms with Crippen molar-refractivity contribution in [1.29, 1.82) is 0 Å². The highest BCUT2D eigenvalue weighted by atomic mass is 35.5.